The van der Waals surface area contributed by atoms with Crippen LogP contribution in [0.25, 0.3) is 0 Å². The first-order valence-corrected chi connectivity index (χ1v) is 7.97. The minimum absolute atomic E-state index is 0.0100. The number of unbranched alkanes of at least 4 members (excludes halogenated alkanes) is 3. The Morgan fingerprint density at radius 2 is 1.80 bits per heavy atom. The molecule has 91 valence electrons. The zero-order valence-electron chi connectivity index (χ0n) is 8.77. The van der Waals surface area contributed by atoms with Gasteiger partial charge in [-0.2, -0.15) is 18.2 Å². The summed E-state index contributed by atoms with van der Waals surface area (Å²) in [6.07, 6.45) is 2.82. The maximum absolute atomic E-state index is 11.0. The van der Waals surface area contributed by atoms with E-state index >= 15 is 0 Å². The Kier molecular flexibility index (Phi) is 8.20. The van der Waals surface area contributed by atoms with Crippen molar-refractivity contribution in [2.75, 3.05) is 12.8 Å². The Morgan fingerprint density at radius 1 is 1.20 bits per heavy atom. The molecule has 0 atom stereocenters. The fraction of sp³-hybridized carbons (Fsp3) is 1.00. The number of hydroxylamine groups is 1. The molecule has 15 heavy (non-hydrogen) atoms. The molecule has 0 aliphatic heterocycles. The molecule has 0 aliphatic rings. The van der Waals surface area contributed by atoms with Gasteiger partial charge in [0.2, 0.25) is 0 Å². The maximum atomic E-state index is 11.0. The standard InChI is InChI=1S/C7H18NO5SSi/c1-8-13-14(9,10)6-4-2-3-5-7-15(11)12/h8,11-12H,2-7H2,1H3. The predicted octanol–water partition coefficient (Wildman–Crippen LogP) is -0.500. The van der Waals surface area contributed by atoms with Gasteiger partial charge in [0, 0.05) is 7.05 Å². The highest BCUT2D eigenvalue weighted by atomic mass is 32.2. The summed E-state index contributed by atoms with van der Waals surface area (Å²) in [4.78, 5) is 17.3. The molecular weight excluding hydrogens is 238 g/mol. The molecule has 0 aromatic rings. The van der Waals surface area contributed by atoms with Crippen LogP contribution in [0.3, 0.4) is 0 Å². The van der Waals surface area contributed by atoms with E-state index in [1.54, 1.807) is 0 Å². The van der Waals surface area contributed by atoms with Crippen LogP contribution in [0.1, 0.15) is 25.7 Å². The van der Waals surface area contributed by atoms with Crippen molar-refractivity contribution >= 4 is 19.4 Å². The van der Waals surface area contributed by atoms with E-state index in [0.717, 1.165) is 19.3 Å². The van der Waals surface area contributed by atoms with E-state index in [2.05, 4.69) is 9.76 Å². The second kappa shape index (κ2) is 8.19. The summed E-state index contributed by atoms with van der Waals surface area (Å²) in [5.41, 5.74) is 2.12. The molecule has 0 saturated carbocycles. The zero-order valence-corrected chi connectivity index (χ0v) is 10.6. The van der Waals surface area contributed by atoms with Gasteiger partial charge >= 0.3 is 9.28 Å². The summed E-state index contributed by atoms with van der Waals surface area (Å²) in [6.45, 7) is 0. The van der Waals surface area contributed by atoms with E-state index in [-0.39, 0.29) is 5.75 Å². The summed E-state index contributed by atoms with van der Waals surface area (Å²) in [6, 6.07) is 0.435. The molecule has 0 unspecified atom stereocenters. The summed E-state index contributed by atoms with van der Waals surface area (Å²) < 4.78 is 26.3. The van der Waals surface area contributed by atoms with E-state index < -0.39 is 19.4 Å². The van der Waals surface area contributed by atoms with Crippen LogP contribution in [0.4, 0.5) is 0 Å². The first-order chi connectivity index (χ1) is 6.98. The second-order valence-corrected chi connectivity index (χ2v) is 6.15. The van der Waals surface area contributed by atoms with Gasteiger partial charge in [-0.25, -0.2) is 0 Å². The number of rotatable bonds is 9. The molecule has 6 nitrogen and oxygen atoms in total. The van der Waals surface area contributed by atoms with Gasteiger partial charge in [0.05, 0.1) is 5.75 Å². The van der Waals surface area contributed by atoms with Gasteiger partial charge in [-0.15, -0.1) is 0 Å². The number of hydrogen-bond acceptors (Lipinski definition) is 6. The van der Waals surface area contributed by atoms with Crippen molar-refractivity contribution in [2.45, 2.75) is 31.7 Å². The minimum Gasteiger partial charge on any atom is -0.410 e. The van der Waals surface area contributed by atoms with Crippen molar-refractivity contribution in [1.29, 1.82) is 0 Å². The SMILES string of the molecule is CNOS(=O)(=O)CCCCCC[Si](O)O. The van der Waals surface area contributed by atoms with Gasteiger partial charge in [0.1, 0.15) is 0 Å². The molecule has 0 fully saturated rings. The molecular formula is C7H18NO5SSi. The highest BCUT2D eigenvalue weighted by Gasteiger charge is 2.09. The first kappa shape index (κ1) is 15.0. The quantitative estimate of drug-likeness (QED) is 0.292. The van der Waals surface area contributed by atoms with Crippen LogP contribution in [-0.2, 0) is 14.4 Å². The summed E-state index contributed by atoms with van der Waals surface area (Å²) in [5, 5.41) is 0. The highest BCUT2D eigenvalue weighted by Crippen LogP contribution is 2.06. The van der Waals surface area contributed by atoms with Crippen molar-refractivity contribution in [3.63, 3.8) is 0 Å². The topological polar surface area (TPSA) is 95.9 Å². The molecule has 0 aromatic carbocycles. The molecule has 0 aliphatic carbocycles. The van der Waals surface area contributed by atoms with Crippen LogP contribution in [0.2, 0.25) is 6.04 Å². The Morgan fingerprint density at radius 3 is 2.33 bits per heavy atom. The Hall–Kier alpha value is 0.00688. The second-order valence-electron chi connectivity index (χ2n) is 3.13. The Labute approximate surface area is 92.2 Å². The zero-order chi connectivity index (χ0) is 11.7. The van der Waals surface area contributed by atoms with Gasteiger partial charge < -0.3 is 9.59 Å². The lowest BCUT2D eigenvalue weighted by molar-refractivity contribution is 0.231. The van der Waals surface area contributed by atoms with Crippen LogP contribution >= 0.6 is 0 Å². The monoisotopic (exact) mass is 256 g/mol. The van der Waals surface area contributed by atoms with Crippen LogP contribution in [0, 0.1) is 0 Å². The normalized spacial score (nSPS) is 12.3. The average molecular weight is 256 g/mol. The van der Waals surface area contributed by atoms with Crippen molar-refractivity contribution in [1.82, 2.24) is 5.48 Å². The average Bonchev–Trinajstić information content (AvgIpc) is 2.10. The largest absolute Gasteiger partial charge is 0.410 e. The van der Waals surface area contributed by atoms with E-state index in [1.165, 1.54) is 7.05 Å². The molecule has 0 spiro atoms. The summed E-state index contributed by atoms with van der Waals surface area (Å²) in [5.74, 6) is -0.0100. The van der Waals surface area contributed by atoms with Crippen molar-refractivity contribution in [3.8, 4) is 0 Å². The molecule has 0 aromatic heterocycles. The van der Waals surface area contributed by atoms with Crippen molar-refractivity contribution in [2.24, 2.45) is 0 Å². The van der Waals surface area contributed by atoms with Gasteiger partial charge in [0.15, 0.2) is 0 Å². The predicted molar refractivity (Wildman–Crippen MR) is 57.4 cm³/mol. The van der Waals surface area contributed by atoms with E-state index in [4.69, 9.17) is 9.59 Å². The third-order valence-electron chi connectivity index (χ3n) is 1.76. The van der Waals surface area contributed by atoms with Crippen molar-refractivity contribution < 1.29 is 22.3 Å². The van der Waals surface area contributed by atoms with Crippen molar-refractivity contribution in [3.05, 3.63) is 0 Å². The van der Waals surface area contributed by atoms with Gasteiger partial charge in [-0.1, -0.05) is 19.3 Å². The first-order valence-electron chi connectivity index (χ1n) is 4.79. The fourth-order valence-electron chi connectivity index (χ4n) is 1.08. The van der Waals surface area contributed by atoms with Crippen LogP contribution in [0.15, 0.2) is 0 Å². The maximum Gasteiger partial charge on any atom is 0.378 e. The lowest BCUT2D eigenvalue weighted by atomic mass is 10.2. The van der Waals surface area contributed by atoms with Gasteiger partial charge in [-0.05, 0) is 12.5 Å². The molecule has 0 saturated heterocycles. The Bertz CT molecular complexity index is 244. The molecule has 0 rings (SSSR count). The Balaban J connectivity index is 3.38. The van der Waals surface area contributed by atoms with Crippen LogP contribution in [0.5, 0.6) is 0 Å². The van der Waals surface area contributed by atoms with E-state index in [0.29, 0.717) is 12.5 Å². The van der Waals surface area contributed by atoms with Crippen LogP contribution < -0.4 is 5.48 Å². The number of nitrogens with one attached hydrogen (secondary N) is 1. The molecule has 0 amide bonds. The summed E-state index contributed by atoms with van der Waals surface area (Å²) in [7, 11) is -4.16. The lowest BCUT2D eigenvalue weighted by Gasteiger charge is -2.03. The number of hydrogen-bond donors (Lipinski definition) is 3. The smallest absolute Gasteiger partial charge is 0.378 e. The fourth-order valence-corrected chi connectivity index (χ4v) is 2.55. The molecule has 0 heterocycles. The molecule has 3 N–H and O–H groups in total. The molecule has 1 radical (unpaired) electrons. The minimum atomic E-state index is -3.44. The summed E-state index contributed by atoms with van der Waals surface area (Å²) >= 11 is 0. The van der Waals surface area contributed by atoms with E-state index in [1.807, 2.05) is 0 Å². The molecule has 8 heteroatoms. The highest BCUT2D eigenvalue weighted by molar-refractivity contribution is 7.86. The van der Waals surface area contributed by atoms with Crippen LogP contribution in [-0.4, -0.2) is 40.1 Å². The molecule has 0 bridgehead atoms. The lowest BCUT2D eigenvalue weighted by Crippen LogP contribution is -2.18. The van der Waals surface area contributed by atoms with Gasteiger partial charge in [0.25, 0.3) is 10.1 Å². The van der Waals surface area contributed by atoms with Gasteiger partial charge in [-0.3, -0.25) is 0 Å². The third-order valence-corrected chi connectivity index (χ3v) is 3.77. The van der Waals surface area contributed by atoms with E-state index in [9.17, 15) is 8.42 Å². The third kappa shape index (κ3) is 10.3.